The van der Waals surface area contributed by atoms with Gasteiger partial charge in [-0.05, 0) is 49.2 Å². The summed E-state index contributed by atoms with van der Waals surface area (Å²) in [5.74, 6) is 1.12. The molecule has 0 radical (unpaired) electrons. The average molecular weight is 300 g/mol. The number of aryl methyl sites for hydroxylation is 1. The van der Waals surface area contributed by atoms with Crippen molar-refractivity contribution in [3.05, 3.63) is 53.5 Å². The number of benzene rings is 1. The summed E-state index contributed by atoms with van der Waals surface area (Å²) in [5.41, 5.74) is 3.83. The number of unbranched alkanes of at least 4 members (excludes halogenated alkanes) is 1. The maximum Gasteiger partial charge on any atom is 0.274 e. The smallest absolute Gasteiger partial charge is 0.274 e. The van der Waals surface area contributed by atoms with Crippen molar-refractivity contribution in [2.45, 2.75) is 26.7 Å². The molecule has 0 unspecified atom stereocenters. The van der Waals surface area contributed by atoms with Crippen LogP contribution in [-0.4, -0.2) is 18.7 Å². The zero-order valence-electron chi connectivity index (χ0n) is 12.8. The Morgan fingerprint density at radius 1 is 1.32 bits per heavy atom. The highest BCUT2D eigenvalue weighted by Gasteiger charge is 2.09. The molecule has 0 aliphatic heterocycles. The fourth-order valence-corrected chi connectivity index (χ4v) is 1.83. The van der Waals surface area contributed by atoms with Crippen molar-refractivity contribution in [1.82, 2.24) is 5.43 Å². The predicted molar refractivity (Wildman–Crippen MR) is 85.4 cm³/mol. The number of hydrogen-bond donors (Lipinski definition) is 1. The first-order valence-electron chi connectivity index (χ1n) is 7.31. The second-order valence-electron chi connectivity index (χ2n) is 4.86. The van der Waals surface area contributed by atoms with Gasteiger partial charge in [0.15, 0.2) is 0 Å². The molecule has 0 aliphatic rings. The molecular weight excluding hydrogens is 280 g/mol. The molecule has 116 valence electrons. The van der Waals surface area contributed by atoms with E-state index in [0.717, 1.165) is 30.8 Å². The van der Waals surface area contributed by atoms with Crippen LogP contribution in [0.5, 0.6) is 5.75 Å². The van der Waals surface area contributed by atoms with Gasteiger partial charge in [0.25, 0.3) is 5.91 Å². The van der Waals surface area contributed by atoms with Crippen LogP contribution in [0.25, 0.3) is 0 Å². The lowest BCUT2D eigenvalue weighted by Crippen LogP contribution is -2.17. The standard InChI is InChI=1S/C17H20N2O3/c1-3-4-10-22-15-7-5-14(6-8-15)12-18-19-17(20)16-9-11-21-13(16)2/h5-9,11-12H,3-4,10H2,1-2H3,(H,19,20)/b18-12+. The maximum atomic E-state index is 11.8. The van der Waals surface area contributed by atoms with Gasteiger partial charge in [-0.2, -0.15) is 5.10 Å². The van der Waals surface area contributed by atoms with E-state index in [4.69, 9.17) is 9.15 Å². The number of rotatable bonds is 7. The van der Waals surface area contributed by atoms with Crippen LogP contribution < -0.4 is 10.2 Å². The molecule has 22 heavy (non-hydrogen) atoms. The van der Waals surface area contributed by atoms with Crippen LogP contribution in [0.3, 0.4) is 0 Å². The number of ether oxygens (including phenoxy) is 1. The Bertz CT molecular complexity index is 630. The molecule has 0 bridgehead atoms. The average Bonchev–Trinajstić information content (AvgIpc) is 2.95. The van der Waals surface area contributed by atoms with Crippen molar-refractivity contribution < 1.29 is 13.9 Å². The Balaban J connectivity index is 1.85. The molecule has 1 N–H and O–H groups in total. The lowest BCUT2D eigenvalue weighted by atomic mass is 10.2. The fraction of sp³-hybridized carbons (Fsp3) is 0.294. The molecule has 0 fully saturated rings. The van der Waals surface area contributed by atoms with Gasteiger partial charge in [-0.1, -0.05) is 13.3 Å². The zero-order valence-corrected chi connectivity index (χ0v) is 12.8. The van der Waals surface area contributed by atoms with E-state index >= 15 is 0 Å². The zero-order chi connectivity index (χ0) is 15.8. The largest absolute Gasteiger partial charge is 0.494 e. The number of amides is 1. The second-order valence-corrected chi connectivity index (χ2v) is 4.86. The van der Waals surface area contributed by atoms with Crippen LogP contribution in [0, 0.1) is 6.92 Å². The number of furan rings is 1. The van der Waals surface area contributed by atoms with E-state index in [1.54, 1.807) is 19.2 Å². The first-order valence-corrected chi connectivity index (χ1v) is 7.31. The van der Waals surface area contributed by atoms with Crippen molar-refractivity contribution in [1.29, 1.82) is 0 Å². The highest BCUT2D eigenvalue weighted by molar-refractivity contribution is 5.95. The third kappa shape index (κ3) is 4.48. The van der Waals surface area contributed by atoms with Crippen LogP contribution in [-0.2, 0) is 0 Å². The van der Waals surface area contributed by atoms with Crippen LogP contribution in [0.15, 0.2) is 46.1 Å². The molecule has 1 aromatic carbocycles. The highest BCUT2D eigenvalue weighted by Crippen LogP contribution is 2.12. The molecular formula is C17H20N2O3. The first-order chi connectivity index (χ1) is 10.7. The number of nitrogens with one attached hydrogen (secondary N) is 1. The monoisotopic (exact) mass is 300 g/mol. The normalized spacial score (nSPS) is 10.8. The number of nitrogens with zero attached hydrogens (tertiary/aromatic N) is 1. The van der Waals surface area contributed by atoms with E-state index < -0.39 is 0 Å². The van der Waals surface area contributed by atoms with Crippen molar-refractivity contribution in [2.24, 2.45) is 5.10 Å². The van der Waals surface area contributed by atoms with Crippen molar-refractivity contribution in [2.75, 3.05) is 6.61 Å². The van der Waals surface area contributed by atoms with E-state index in [0.29, 0.717) is 11.3 Å². The summed E-state index contributed by atoms with van der Waals surface area (Å²) in [7, 11) is 0. The quantitative estimate of drug-likeness (QED) is 0.483. The van der Waals surface area contributed by atoms with E-state index in [-0.39, 0.29) is 5.91 Å². The predicted octanol–water partition coefficient (Wildman–Crippen LogP) is 3.53. The lowest BCUT2D eigenvalue weighted by molar-refractivity contribution is 0.0953. The molecule has 0 saturated carbocycles. The minimum absolute atomic E-state index is 0.290. The highest BCUT2D eigenvalue weighted by atomic mass is 16.5. The Hall–Kier alpha value is -2.56. The summed E-state index contributed by atoms with van der Waals surface area (Å²) >= 11 is 0. The van der Waals surface area contributed by atoms with Crippen LogP contribution in [0.2, 0.25) is 0 Å². The summed E-state index contributed by atoms with van der Waals surface area (Å²) in [6.45, 7) is 4.59. The second kappa shape index (κ2) is 8.02. The van der Waals surface area contributed by atoms with Gasteiger partial charge in [-0.15, -0.1) is 0 Å². The maximum absolute atomic E-state index is 11.8. The van der Waals surface area contributed by atoms with Gasteiger partial charge >= 0.3 is 0 Å². The van der Waals surface area contributed by atoms with Gasteiger partial charge in [0, 0.05) is 0 Å². The molecule has 1 aromatic heterocycles. The topological polar surface area (TPSA) is 63.8 Å². The summed E-state index contributed by atoms with van der Waals surface area (Å²) in [4.78, 5) is 11.8. The molecule has 2 aromatic rings. The molecule has 0 atom stereocenters. The minimum Gasteiger partial charge on any atom is -0.494 e. The van der Waals surface area contributed by atoms with Gasteiger partial charge in [0.05, 0.1) is 24.6 Å². The van der Waals surface area contributed by atoms with E-state index in [9.17, 15) is 4.79 Å². The van der Waals surface area contributed by atoms with Crippen LogP contribution in [0.1, 0.15) is 41.4 Å². The fourth-order valence-electron chi connectivity index (χ4n) is 1.83. The first kappa shape index (κ1) is 15.8. The summed E-state index contributed by atoms with van der Waals surface area (Å²) in [6, 6.07) is 9.17. The Kier molecular flexibility index (Phi) is 5.77. The van der Waals surface area contributed by atoms with Crippen molar-refractivity contribution >= 4 is 12.1 Å². The SMILES string of the molecule is CCCCOc1ccc(/C=N/NC(=O)c2ccoc2C)cc1. The van der Waals surface area contributed by atoms with Gasteiger partial charge in [-0.3, -0.25) is 4.79 Å². The Morgan fingerprint density at radius 3 is 2.73 bits per heavy atom. The summed E-state index contributed by atoms with van der Waals surface area (Å²) in [5, 5.41) is 3.94. The lowest BCUT2D eigenvalue weighted by Gasteiger charge is -2.04. The number of hydrazone groups is 1. The molecule has 1 amide bonds. The molecule has 5 heteroatoms. The van der Waals surface area contributed by atoms with Crippen molar-refractivity contribution in [3.63, 3.8) is 0 Å². The third-order valence-electron chi connectivity index (χ3n) is 3.13. The Labute approximate surface area is 130 Å². The molecule has 2 rings (SSSR count). The number of carbonyl (C=O) groups is 1. The van der Waals surface area contributed by atoms with Gasteiger partial charge in [-0.25, -0.2) is 5.43 Å². The van der Waals surface area contributed by atoms with E-state index in [2.05, 4.69) is 17.5 Å². The van der Waals surface area contributed by atoms with Crippen molar-refractivity contribution in [3.8, 4) is 5.75 Å². The molecule has 0 saturated heterocycles. The molecule has 0 spiro atoms. The van der Waals surface area contributed by atoms with Gasteiger partial charge < -0.3 is 9.15 Å². The summed E-state index contributed by atoms with van der Waals surface area (Å²) < 4.78 is 10.7. The molecule has 1 heterocycles. The van der Waals surface area contributed by atoms with E-state index in [1.807, 2.05) is 24.3 Å². The van der Waals surface area contributed by atoms with Crippen LogP contribution in [0.4, 0.5) is 0 Å². The minimum atomic E-state index is -0.290. The molecule has 5 nitrogen and oxygen atoms in total. The van der Waals surface area contributed by atoms with Crippen LogP contribution >= 0.6 is 0 Å². The number of carbonyl (C=O) groups excluding carboxylic acids is 1. The summed E-state index contributed by atoms with van der Waals surface area (Å²) in [6.07, 6.45) is 5.22. The Morgan fingerprint density at radius 2 is 2.09 bits per heavy atom. The number of hydrogen-bond acceptors (Lipinski definition) is 4. The molecule has 0 aliphatic carbocycles. The van der Waals surface area contributed by atoms with E-state index in [1.165, 1.54) is 6.26 Å². The van der Waals surface area contributed by atoms with Gasteiger partial charge in [0.1, 0.15) is 11.5 Å². The van der Waals surface area contributed by atoms with Gasteiger partial charge in [0.2, 0.25) is 0 Å². The third-order valence-corrected chi connectivity index (χ3v) is 3.13.